The minimum absolute atomic E-state index is 0.863. The number of hydrogen-bond donors (Lipinski definition) is 0. The number of fused-ring (bicyclic) bond motifs is 18. The van der Waals surface area contributed by atoms with Crippen molar-refractivity contribution >= 4 is 151 Å². The van der Waals surface area contributed by atoms with Crippen molar-refractivity contribution in [2.75, 3.05) is 0 Å². The Labute approximate surface area is 662 Å². The summed E-state index contributed by atoms with van der Waals surface area (Å²) in [7, 11) is 0. The van der Waals surface area contributed by atoms with E-state index in [2.05, 4.69) is 394 Å². The monoisotopic (exact) mass is 1490 g/mol. The second kappa shape index (κ2) is 26.5. The molecule has 8 aromatic heterocycles. The largest absolute Gasteiger partial charge is 0.309 e. The molecule has 0 bridgehead atoms. The maximum Gasteiger partial charge on any atom is 0.143 e. The highest BCUT2D eigenvalue weighted by Crippen LogP contribution is 2.44. The van der Waals surface area contributed by atoms with Crippen molar-refractivity contribution in [1.82, 2.24) is 38.2 Å². The topological polar surface area (TPSA) is 71.3 Å². The lowest BCUT2D eigenvalue weighted by Gasteiger charge is -2.09. The van der Waals surface area contributed by atoms with Crippen LogP contribution in [-0.4, -0.2) is 38.2 Å². The Morgan fingerprint density at radius 1 is 0.184 bits per heavy atom. The van der Waals surface area contributed by atoms with E-state index in [1.54, 1.807) is 22.7 Å². The number of nitrogens with zero attached hydrogens (tertiary/aromatic N) is 8. The molecule has 24 aromatic rings. The SMILES string of the molecule is c1ccc(-n2c3ccccc3c3cc(-c4ccc5sc6ncc(-c7ccc8c(c7)c7ccccc7n8-c7ccccc7)nc6c5c4)ccc32)cc1.c1ccc(-n2c3ccccc3c3cc(-c4cccc(-c5ccc6sc7ncc(-c8cccc(-c9ccc%10c(c9)c9ccccc9n%10-c9ccccc9)c8)nc7c6c5)c4)ccc32)cc1. The summed E-state index contributed by atoms with van der Waals surface area (Å²) in [5.41, 5.74) is 29.3. The molecule has 114 heavy (non-hydrogen) atoms. The highest BCUT2D eigenvalue weighted by Gasteiger charge is 2.22. The van der Waals surface area contributed by atoms with Gasteiger partial charge in [0.25, 0.3) is 0 Å². The Morgan fingerprint density at radius 3 is 0.772 bits per heavy atom. The van der Waals surface area contributed by atoms with Crippen molar-refractivity contribution in [2.24, 2.45) is 0 Å². The fourth-order valence-electron chi connectivity index (χ4n) is 17.5. The molecule has 0 N–H and O–H groups in total. The first-order valence-corrected chi connectivity index (χ1v) is 40.1. The van der Waals surface area contributed by atoms with Crippen molar-refractivity contribution < 1.29 is 0 Å². The molecule has 24 rings (SSSR count). The summed E-state index contributed by atoms with van der Waals surface area (Å²) in [6.07, 6.45) is 3.85. The van der Waals surface area contributed by atoms with Crippen molar-refractivity contribution in [3.8, 4) is 89.8 Å². The summed E-state index contributed by atoms with van der Waals surface area (Å²) in [5.74, 6) is 0. The third kappa shape index (κ3) is 10.8. The van der Waals surface area contributed by atoms with E-state index in [9.17, 15) is 0 Å². The molecule has 0 aliphatic rings. The molecule has 0 fully saturated rings. The van der Waals surface area contributed by atoms with Crippen LogP contribution in [0.3, 0.4) is 0 Å². The molecule has 8 nitrogen and oxygen atoms in total. The fourth-order valence-corrected chi connectivity index (χ4v) is 19.4. The first-order chi connectivity index (χ1) is 56.5. The molecule has 0 amide bonds. The Hall–Kier alpha value is -14.7. The molecule has 0 spiro atoms. The lowest BCUT2D eigenvalue weighted by atomic mass is 9.97. The van der Waals surface area contributed by atoms with Gasteiger partial charge >= 0.3 is 0 Å². The Morgan fingerprint density at radius 2 is 0.430 bits per heavy atom. The highest BCUT2D eigenvalue weighted by molar-refractivity contribution is 7.25. The first-order valence-electron chi connectivity index (χ1n) is 38.5. The smallest absolute Gasteiger partial charge is 0.143 e. The molecule has 0 radical (unpaired) electrons. The number of aromatic nitrogens is 8. The van der Waals surface area contributed by atoms with Crippen LogP contribution in [0.1, 0.15) is 0 Å². The summed E-state index contributed by atoms with van der Waals surface area (Å²) in [6.45, 7) is 0. The molecule has 10 heteroatoms. The summed E-state index contributed by atoms with van der Waals surface area (Å²) < 4.78 is 11.8. The van der Waals surface area contributed by atoms with Crippen molar-refractivity contribution in [3.05, 3.63) is 389 Å². The average molecular weight is 1490 g/mol. The molecule has 0 aliphatic heterocycles. The zero-order valence-electron chi connectivity index (χ0n) is 61.3. The van der Waals surface area contributed by atoms with Crippen LogP contribution in [0.25, 0.3) is 218 Å². The van der Waals surface area contributed by atoms with Gasteiger partial charge in [-0.2, -0.15) is 0 Å². The number of rotatable bonds is 10. The summed E-state index contributed by atoms with van der Waals surface area (Å²) in [5, 5.41) is 12.2. The van der Waals surface area contributed by atoms with Gasteiger partial charge in [0.15, 0.2) is 0 Å². The van der Waals surface area contributed by atoms with E-state index in [1.165, 1.54) is 130 Å². The summed E-state index contributed by atoms with van der Waals surface area (Å²) in [6, 6.07) is 135. The summed E-state index contributed by atoms with van der Waals surface area (Å²) >= 11 is 3.40. The third-order valence-electron chi connectivity index (χ3n) is 22.8. The molecule has 532 valence electrons. The number of benzene rings is 16. The summed E-state index contributed by atoms with van der Waals surface area (Å²) in [4.78, 5) is 22.4. The van der Waals surface area contributed by atoms with E-state index in [1.807, 2.05) is 12.4 Å². The maximum absolute atomic E-state index is 5.32. The van der Waals surface area contributed by atoms with Gasteiger partial charge in [-0.15, -0.1) is 22.7 Å². The van der Waals surface area contributed by atoms with Crippen molar-refractivity contribution in [3.63, 3.8) is 0 Å². The molecule has 0 aliphatic carbocycles. The Balaban J connectivity index is 0.000000138. The standard InChI is InChI=1S/C58H36N4S.C46H28N4S/c1-3-17-44(18-4-1)61-52-23-9-7-21-46(52)48-33-40(25-28-54(48)61)37-13-11-14-38(31-37)42-27-30-56-50(35-42)57-58(63-56)59-36-51(60-57)43-16-12-15-39(32-43)41-26-29-55-49(34-41)47-22-8-10-24-53(47)62(55)45-19-5-2-6-20-45;1-3-11-32(12-4-1)49-40-17-9-7-15-34(40)36-25-29(19-22-42(36)49)30-21-24-44-38(26-30)45-46(51-44)47-28-39(48-45)31-20-23-43-37(27-31)35-16-8-10-18-41(35)50(43)33-13-5-2-6-14-33/h1-36H;1-28H. The van der Waals surface area contributed by atoms with E-state index in [0.29, 0.717) is 0 Å². The van der Waals surface area contributed by atoms with Crippen molar-refractivity contribution in [2.45, 2.75) is 0 Å². The minimum atomic E-state index is 0.863. The zero-order chi connectivity index (χ0) is 74.9. The van der Waals surface area contributed by atoms with Crippen LogP contribution in [0, 0.1) is 0 Å². The predicted molar refractivity (Wildman–Crippen MR) is 480 cm³/mol. The molecule has 8 heterocycles. The lowest BCUT2D eigenvalue weighted by Crippen LogP contribution is -1.93. The normalized spacial score (nSPS) is 11.9. The molecular formula is C104H64N8S2. The highest BCUT2D eigenvalue weighted by atomic mass is 32.1. The van der Waals surface area contributed by atoms with Crippen LogP contribution in [0.15, 0.2) is 389 Å². The van der Waals surface area contributed by atoms with Gasteiger partial charge in [0, 0.05) is 97.1 Å². The molecule has 16 aromatic carbocycles. The van der Waals surface area contributed by atoms with E-state index >= 15 is 0 Å². The van der Waals surface area contributed by atoms with E-state index < -0.39 is 0 Å². The van der Waals surface area contributed by atoms with Crippen LogP contribution in [-0.2, 0) is 0 Å². The molecule has 0 unspecified atom stereocenters. The third-order valence-corrected chi connectivity index (χ3v) is 24.9. The van der Waals surface area contributed by atoms with Gasteiger partial charge in [-0.05, 0) is 202 Å². The van der Waals surface area contributed by atoms with Crippen LogP contribution in [0.4, 0.5) is 0 Å². The van der Waals surface area contributed by atoms with Gasteiger partial charge in [0.05, 0.1) is 67.9 Å². The first kappa shape index (κ1) is 65.2. The zero-order valence-corrected chi connectivity index (χ0v) is 63.0. The van der Waals surface area contributed by atoms with Crippen molar-refractivity contribution in [1.29, 1.82) is 0 Å². The second-order valence-corrected chi connectivity index (χ2v) is 31.3. The number of thiophene rings is 2. The van der Waals surface area contributed by atoms with Gasteiger partial charge in [0.1, 0.15) is 20.7 Å². The lowest BCUT2D eigenvalue weighted by molar-refractivity contribution is 1.18. The fraction of sp³-hybridized carbons (Fsp3) is 0. The van der Waals surface area contributed by atoms with E-state index in [-0.39, 0.29) is 0 Å². The van der Waals surface area contributed by atoms with Gasteiger partial charge in [-0.3, -0.25) is 0 Å². The van der Waals surface area contributed by atoms with E-state index in [4.69, 9.17) is 19.9 Å². The molecule has 0 saturated carbocycles. The van der Waals surface area contributed by atoms with Gasteiger partial charge in [-0.25, -0.2) is 19.9 Å². The molecule has 0 atom stereocenters. The Bertz CT molecular complexity index is 7520. The minimum Gasteiger partial charge on any atom is -0.309 e. The van der Waals surface area contributed by atoms with Crippen LogP contribution < -0.4 is 0 Å². The van der Waals surface area contributed by atoms with E-state index in [0.717, 1.165) is 87.9 Å². The van der Waals surface area contributed by atoms with Gasteiger partial charge < -0.3 is 18.3 Å². The molecular weight excluding hydrogens is 1430 g/mol. The van der Waals surface area contributed by atoms with Crippen LogP contribution in [0.2, 0.25) is 0 Å². The second-order valence-electron chi connectivity index (χ2n) is 29.3. The number of hydrogen-bond acceptors (Lipinski definition) is 6. The quantitative estimate of drug-likeness (QED) is 0.137. The van der Waals surface area contributed by atoms with Crippen LogP contribution in [0.5, 0.6) is 0 Å². The predicted octanol–water partition coefficient (Wildman–Crippen LogP) is 28.1. The van der Waals surface area contributed by atoms with Gasteiger partial charge in [0.2, 0.25) is 0 Å². The van der Waals surface area contributed by atoms with Crippen LogP contribution >= 0.6 is 22.7 Å². The Kier molecular flexibility index (Phi) is 15.2. The van der Waals surface area contributed by atoms with Gasteiger partial charge in [-0.1, -0.05) is 218 Å². The molecule has 0 saturated heterocycles. The average Bonchev–Trinajstić information content (AvgIpc) is 1.61. The number of para-hydroxylation sites is 8. The maximum atomic E-state index is 5.32.